The molecule has 1 aromatic heterocycles. The van der Waals surface area contributed by atoms with Crippen molar-refractivity contribution in [2.24, 2.45) is 35.2 Å². The molecule has 1 aromatic carbocycles. The lowest BCUT2D eigenvalue weighted by atomic mass is 9.49. The summed E-state index contributed by atoms with van der Waals surface area (Å²) in [6.07, 6.45) is 8.65. The third-order valence-corrected chi connectivity index (χ3v) is 8.01. The number of methoxy groups -OCH3 is 1. The summed E-state index contributed by atoms with van der Waals surface area (Å²) in [6, 6.07) is 6.00. The van der Waals surface area contributed by atoms with E-state index < -0.39 is 0 Å². The van der Waals surface area contributed by atoms with Gasteiger partial charge in [0.2, 0.25) is 5.91 Å². The Morgan fingerprint density at radius 2 is 1.88 bits per heavy atom. The van der Waals surface area contributed by atoms with Crippen molar-refractivity contribution in [3.63, 3.8) is 0 Å². The topological polar surface area (TPSA) is 43.6 Å². The van der Waals surface area contributed by atoms with Crippen molar-refractivity contribution in [1.82, 2.24) is 4.57 Å². The Labute approximate surface area is 157 Å². The Hall–Kier alpha value is -1.62. The quantitative estimate of drug-likeness (QED) is 0.809. The Bertz CT molecular complexity index is 904. The first kappa shape index (κ1) is 16.5. The van der Waals surface area contributed by atoms with Gasteiger partial charge in [-0.15, -0.1) is 0 Å². The highest BCUT2D eigenvalue weighted by molar-refractivity contribution is 7.16. The number of aromatic nitrogens is 1. The molecule has 2 aromatic rings. The highest BCUT2D eigenvalue weighted by Gasteiger charge is 2.51. The molecule has 1 amide bonds. The van der Waals surface area contributed by atoms with Gasteiger partial charge in [0.1, 0.15) is 11.3 Å². The first-order valence-electron chi connectivity index (χ1n) is 9.75. The number of thiazole rings is 1. The van der Waals surface area contributed by atoms with Crippen LogP contribution in [0, 0.1) is 23.2 Å². The second-order valence-electron chi connectivity index (χ2n) is 8.85. The van der Waals surface area contributed by atoms with Gasteiger partial charge in [-0.3, -0.25) is 4.79 Å². The second-order valence-corrected chi connectivity index (χ2v) is 9.86. The van der Waals surface area contributed by atoms with Crippen LogP contribution in [-0.2, 0) is 11.8 Å². The van der Waals surface area contributed by atoms with Crippen molar-refractivity contribution in [2.75, 3.05) is 7.11 Å². The van der Waals surface area contributed by atoms with E-state index in [1.54, 1.807) is 18.4 Å². The van der Waals surface area contributed by atoms with E-state index in [1.165, 1.54) is 38.5 Å². The number of nitrogens with zero attached hydrogens (tertiary/aromatic N) is 2. The number of carbonyl (C=O) groups is 1. The number of hydrogen-bond donors (Lipinski definition) is 0. The van der Waals surface area contributed by atoms with Gasteiger partial charge in [0.25, 0.3) is 0 Å². The maximum Gasteiger partial charge on any atom is 0.248 e. The zero-order valence-corrected chi connectivity index (χ0v) is 16.3. The van der Waals surface area contributed by atoms with Crippen molar-refractivity contribution < 1.29 is 9.53 Å². The number of carbonyl (C=O) groups excluding carboxylic acids is 1. The van der Waals surface area contributed by atoms with E-state index in [-0.39, 0.29) is 11.3 Å². The molecule has 4 aliphatic rings. The molecule has 4 saturated carbocycles. The summed E-state index contributed by atoms with van der Waals surface area (Å²) < 4.78 is 8.58. The summed E-state index contributed by atoms with van der Waals surface area (Å²) in [7, 11) is 3.65. The molecule has 6 rings (SSSR count). The van der Waals surface area contributed by atoms with Crippen LogP contribution < -0.4 is 9.54 Å². The maximum atomic E-state index is 12.9. The van der Waals surface area contributed by atoms with E-state index in [4.69, 9.17) is 4.74 Å². The van der Waals surface area contributed by atoms with Crippen LogP contribution in [0.1, 0.15) is 44.9 Å². The van der Waals surface area contributed by atoms with Crippen LogP contribution in [0.3, 0.4) is 0 Å². The largest absolute Gasteiger partial charge is 0.495 e. The number of benzene rings is 1. The molecule has 0 spiro atoms. The monoisotopic (exact) mass is 370 g/mol. The Balaban J connectivity index is 1.45. The van der Waals surface area contributed by atoms with Gasteiger partial charge in [-0.05, 0) is 73.8 Å². The predicted octanol–water partition coefficient (Wildman–Crippen LogP) is 4.28. The third kappa shape index (κ3) is 2.63. The van der Waals surface area contributed by atoms with Crippen LogP contribution in [-0.4, -0.2) is 17.6 Å². The number of para-hydroxylation sites is 1. The van der Waals surface area contributed by atoms with Crippen LogP contribution in [0.15, 0.2) is 23.2 Å². The molecule has 4 fully saturated rings. The third-order valence-electron chi connectivity index (χ3n) is 6.92. The minimum atomic E-state index is 0.0630. The molecule has 4 bridgehead atoms. The number of ether oxygens (including phenoxy) is 1. The molecular formula is C21H26N2O2S. The molecule has 0 atom stereocenters. The fraction of sp³-hybridized carbons (Fsp3) is 0.619. The number of rotatable bonds is 3. The fourth-order valence-corrected chi connectivity index (χ4v) is 7.47. The van der Waals surface area contributed by atoms with Gasteiger partial charge in [0.15, 0.2) is 4.80 Å². The van der Waals surface area contributed by atoms with Gasteiger partial charge in [-0.1, -0.05) is 17.4 Å². The highest BCUT2D eigenvalue weighted by atomic mass is 32.1. The molecule has 1 heterocycles. The van der Waals surface area contributed by atoms with Crippen molar-refractivity contribution >= 4 is 27.5 Å². The average Bonchev–Trinajstić information content (AvgIpc) is 2.89. The molecule has 0 N–H and O–H groups in total. The molecule has 0 radical (unpaired) electrons. The van der Waals surface area contributed by atoms with Crippen LogP contribution in [0.4, 0.5) is 0 Å². The van der Waals surface area contributed by atoms with Crippen molar-refractivity contribution in [3.05, 3.63) is 23.0 Å². The molecular weight excluding hydrogens is 344 g/mol. The summed E-state index contributed by atoms with van der Waals surface area (Å²) in [4.78, 5) is 18.2. The summed E-state index contributed by atoms with van der Waals surface area (Å²) >= 11 is 1.57. The van der Waals surface area contributed by atoms with E-state index in [0.717, 1.165) is 38.5 Å². The van der Waals surface area contributed by atoms with Crippen molar-refractivity contribution in [1.29, 1.82) is 0 Å². The van der Waals surface area contributed by atoms with E-state index in [9.17, 15) is 4.79 Å². The molecule has 26 heavy (non-hydrogen) atoms. The minimum absolute atomic E-state index is 0.0630. The fourth-order valence-electron chi connectivity index (χ4n) is 6.41. The van der Waals surface area contributed by atoms with Gasteiger partial charge < -0.3 is 9.30 Å². The number of fused-ring (bicyclic) bond motifs is 1. The van der Waals surface area contributed by atoms with Gasteiger partial charge in [-0.2, -0.15) is 4.99 Å². The lowest BCUT2D eigenvalue weighted by Crippen LogP contribution is -2.46. The van der Waals surface area contributed by atoms with Crippen LogP contribution >= 0.6 is 11.3 Å². The van der Waals surface area contributed by atoms with Crippen LogP contribution in [0.2, 0.25) is 0 Å². The molecule has 5 heteroatoms. The summed E-state index contributed by atoms with van der Waals surface area (Å²) in [5, 5.41) is 0. The Morgan fingerprint density at radius 1 is 1.23 bits per heavy atom. The van der Waals surface area contributed by atoms with E-state index >= 15 is 0 Å². The molecule has 4 aliphatic carbocycles. The van der Waals surface area contributed by atoms with Crippen LogP contribution in [0.5, 0.6) is 5.75 Å². The molecule has 4 nitrogen and oxygen atoms in total. The Kier molecular flexibility index (Phi) is 3.78. The molecule has 0 aliphatic heterocycles. The minimum Gasteiger partial charge on any atom is -0.495 e. The average molecular weight is 371 g/mol. The van der Waals surface area contributed by atoms with Gasteiger partial charge in [-0.25, -0.2) is 0 Å². The van der Waals surface area contributed by atoms with Crippen molar-refractivity contribution in [2.45, 2.75) is 44.9 Å². The zero-order chi connectivity index (χ0) is 17.9. The van der Waals surface area contributed by atoms with Gasteiger partial charge in [0.05, 0.1) is 11.8 Å². The second kappa shape index (κ2) is 5.95. The maximum absolute atomic E-state index is 12.9. The van der Waals surface area contributed by atoms with E-state index in [0.29, 0.717) is 6.42 Å². The number of aryl methyl sites for hydroxylation is 1. The zero-order valence-electron chi connectivity index (χ0n) is 15.5. The standard InChI is InChI=1S/C21H26N2O2S/c1-23-19-16(25-2)4-3-5-17(19)26-20(23)22-18(24)12-21-9-13-6-14(10-21)8-15(7-13)11-21/h3-5,13-15H,6-12H2,1-2H3. The lowest BCUT2D eigenvalue weighted by molar-refractivity contribution is -0.126. The van der Waals surface area contributed by atoms with Gasteiger partial charge >= 0.3 is 0 Å². The molecule has 0 saturated heterocycles. The van der Waals surface area contributed by atoms with Gasteiger partial charge in [0, 0.05) is 13.5 Å². The first-order chi connectivity index (χ1) is 12.5. The first-order valence-corrected chi connectivity index (χ1v) is 10.6. The summed E-state index contributed by atoms with van der Waals surface area (Å²) in [5.74, 6) is 3.51. The summed E-state index contributed by atoms with van der Waals surface area (Å²) in [6.45, 7) is 0. The van der Waals surface area contributed by atoms with E-state index in [2.05, 4.69) is 11.1 Å². The predicted molar refractivity (Wildman–Crippen MR) is 103 cm³/mol. The Morgan fingerprint density at radius 3 is 2.50 bits per heavy atom. The smallest absolute Gasteiger partial charge is 0.248 e. The van der Waals surface area contributed by atoms with E-state index in [1.807, 2.05) is 23.7 Å². The summed E-state index contributed by atoms with van der Waals surface area (Å²) in [5.41, 5.74) is 1.27. The highest BCUT2D eigenvalue weighted by Crippen LogP contribution is 2.61. The number of amides is 1. The molecule has 0 unspecified atom stereocenters. The van der Waals surface area contributed by atoms with Crippen LogP contribution in [0.25, 0.3) is 10.2 Å². The lowest BCUT2D eigenvalue weighted by Gasteiger charge is -2.56. The normalized spacial score (nSPS) is 33.2. The molecule has 138 valence electrons. The number of hydrogen-bond acceptors (Lipinski definition) is 3. The SMILES string of the molecule is COc1cccc2sc(=NC(=O)CC34CC5CC(CC(C5)C3)C4)n(C)c12. The van der Waals surface area contributed by atoms with Crippen molar-refractivity contribution in [3.8, 4) is 5.75 Å².